The largest absolute Gasteiger partial charge is 0.267 e. The zero-order chi connectivity index (χ0) is 22.4. The van der Waals surface area contributed by atoms with Crippen LogP contribution in [0.4, 0.5) is 0 Å². The average molecular weight is 470 g/mol. The first-order chi connectivity index (χ1) is 14.7. The molecule has 0 aliphatic carbocycles. The summed E-state index contributed by atoms with van der Waals surface area (Å²) in [6, 6.07) is 15.1. The third kappa shape index (κ3) is 7.18. The highest BCUT2D eigenvalue weighted by atomic mass is 32.2. The van der Waals surface area contributed by atoms with Gasteiger partial charge in [0.25, 0.3) is 10.1 Å². The van der Waals surface area contributed by atoms with Crippen LogP contribution in [0.5, 0.6) is 0 Å². The van der Waals surface area contributed by atoms with Gasteiger partial charge in [0.05, 0.1) is 30.4 Å². The molecule has 0 bridgehead atoms. The number of aryl methyl sites for hydroxylation is 1. The zero-order valence-electron chi connectivity index (χ0n) is 17.7. The number of rotatable bonds is 9. The first kappa shape index (κ1) is 24.0. The molecule has 31 heavy (non-hydrogen) atoms. The molecule has 2 aromatic carbocycles. The summed E-state index contributed by atoms with van der Waals surface area (Å²) in [5, 5.41) is 1.55. The summed E-state index contributed by atoms with van der Waals surface area (Å²) in [6.07, 6.45) is 1.27. The summed E-state index contributed by atoms with van der Waals surface area (Å²) in [5.41, 5.74) is 3.28. The Morgan fingerprint density at radius 3 is 2.26 bits per heavy atom. The van der Waals surface area contributed by atoms with E-state index >= 15 is 0 Å². The summed E-state index contributed by atoms with van der Waals surface area (Å²) in [6.45, 7) is 2.49. The molecule has 0 radical (unpaired) electrons. The fourth-order valence-corrected chi connectivity index (χ4v) is 4.84. The third-order valence-corrected chi connectivity index (χ3v) is 6.50. The van der Waals surface area contributed by atoms with Gasteiger partial charge in [-0.3, -0.25) is 4.18 Å². The van der Waals surface area contributed by atoms with E-state index in [1.54, 1.807) is 17.2 Å². The van der Waals surface area contributed by atoms with E-state index < -0.39 is 27.3 Å². The van der Waals surface area contributed by atoms with Gasteiger partial charge >= 0.3 is 0 Å². The molecule has 2 aromatic rings. The normalized spacial score (nSPS) is 21.1. The molecule has 3 atom stereocenters. The van der Waals surface area contributed by atoms with Gasteiger partial charge in [-0.2, -0.15) is 17.8 Å². The van der Waals surface area contributed by atoms with Crippen LogP contribution in [0.3, 0.4) is 0 Å². The molecule has 0 spiro atoms. The van der Waals surface area contributed by atoms with Crippen LogP contribution in [-0.2, 0) is 39.4 Å². The van der Waals surface area contributed by atoms with E-state index in [9.17, 15) is 12.6 Å². The van der Waals surface area contributed by atoms with E-state index in [1.807, 2.05) is 43.3 Å². The molecule has 0 amide bonds. The standard InChI is InChI=1S/C21H27NO7S2/c1-16-4-6-17(7-5-16)18-8-10-21(11-9-18)30(23)29-22-13-12-20(28-31(3,24)25)14-19(22)15-27-26-2/h4-11,19-20H,12-15H2,1-3H3/t19?,20-,30?/m0/s1. The van der Waals surface area contributed by atoms with Crippen molar-refractivity contribution in [2.24, 2.45) is 0 Å². The lowest BCUT2D eigenvalue weighted by molar-refractivity contribution is -0.292. The summed E-state index contributed by atoms with van der Waals surface area (Å²) in [7, 11) is -2.19. The Morgan fingerprint density at radius 1 is 1.06 bits per heavy atom. The molecular formula is C21H27NO7S2. The second kappa shape index (κ2) is 10.8. The lowest BCUT2D eigenvalue weighted by Crippen LogP contribution is -2.47. The molecule has 0 N–H and O–H groups in total. The molecule has 1 aliphatic rings. The van der Waals surface area contributed by atoms with Crippen molar-refractivity contribution in [1.29, 1.82) is 0 Å². The van der Waals surface area contributed by atoms with Crippen LogP contribution < -0.4 is 0 Å². The molecule has 3 rings (SSSR count). The maximum atomic E-state index is 12.8. The van der Waals surface area contributed by atoms with E-state index in [-0.39, 0.29) is 12.6 Å². The third-order valence-electron chi connectivity index (χ3n) is 4.90. The van der Waals surface area contributed by atoms with E-state index in [0.29, 0.717) is 24.3 Å². The van der Waals surface area contributed by atoms with Crippen LogP contribution in [0, 0.1) is 6.92 Å². The van der Waals surface area contributed by atoms with Gasteiger partial charge in [0.1, 0.15) is 6.61 Å². The Balaban J connectivity index is 1.65. The minimum Gasteiger partial charge on any atom is -0.267 e. The number of benzene rings is 2. The van der Waals surface area contributed by atoms with Crippen molar-refractivity contribution in [3.8, 4) is 11.1 Å². The van der Waals surface area contributed by atoms with Gasteiger partial charge in [-0.1, -0.05) is 42.0 Å². The summed E-state index contributed by atoms with van der Waals surface area (Å²) in [4.78, 5) is 10.2. The summed E-state index contributed by atoms with van der Waals surface area (Å²) >= 11 is -1.74. The summed E-state index contributed by atoms with van der Waals surface area (Å²) < 4.78 is 46.5. The Hall–Kier alpha value is -1.66. The molecule has 0 aromatic heterocycles. The molecule has 8 nitrogen and oxygen atoms in total. The minimum absolute atomic E-state index is 0.115. The molecule has 10 heteroatoms. The van der Waals surface area contributed by atoms with Crippen LogP contribution >= 0.6 is 0 Å². The molecule has 170 valence electrons. The first-order valence-electron chi connectivity index (χ1n) is 9.83. The molecule has 1 saturated heterocycles. The Morgan fingerprint density at radius 2 is 1.68 bits per heavy atom. The Kier molecular flexibility index (Phi) is 8.34. The topological polar surface area (TPSA) is 91.4 Å². The van der Waals surface area contributed by atoms with Crippen LogP contribution in [0.15, 0.2) is 53.4 Å². The Bertz CT molecular complexity index is 978. The maximum Gasteiger partial charge on any atom is 0.264 e. The predicted molar refractivity (Wildman–Crippen MR) is 117 cm³/mol. The second-order valence-corrected chi connectivity index (χ2v) is 10.1. The number of hydroxylamine groups is 2. The molecule has 1 heterocycles. The highest BCUT2D eigenvalue weighted by molar-refractivity contribution is 7.86. The summed E-state index contributed by atoms with van der Waals surface area (Å²) in [5.74, 6) is 0. The molecular weight excluding hydrogens is 442 g/mol. The second-order valence-electron chi connectivity index (χ2n) is 7.39. The first-order valence-corrected chi connectivity index (χ1v) is 12.7. The van der Waals surface area contributed by atoms with Crippen molar-refractivity contribution < 1.29 is 30.9 Å². The Labute approximate surface area is 185 Å². The monoisotopic (exact) mass is 469 g/mol. The molecule has 1 aliphatic heterocycles. The van der Waals surface area contributed by atoms with E-state index in [2.05, 4.69) is 4.89 Å². The van der Waals surface area contributed by atoms with Gasteiger partial charge in [-0.15, -0.1) is 0 Å². The van der Waals surface area contributed by atoms with Crippen molar-refractivity contribution in [1.82, 2.24) is 5.06 Å². The number of nitrogens with zero attached hydrogens (tertiary/aromatic N) is 1. The van der Waals surface area contributed by atoms with Gasteiger partial charge in [0, 0.05) is 6.54 Å². The van der Waals surface area contributed by atoms with E-state index in [0.717, 1.165) is 17.4 Å². The number of piperidine rings is 1. The zero-order valence-corrected chi connectivity index (χ0v) is 19.4. The lowest BCUT2D eigenvalue weighted by Gasteiger charge is -2.36. The van der Waals surface area contributed by atoms with Crippen molar-refractivity contribution in [3.63, 3.8) is 0 Å². The van der Waals surface area contributed by atoms with Crippen LogP contribution in [0.25, 0.3) is 11.1 Å². The molecule has 1 fully saturated rings. The van der Waals surface area contributed by atoms with E-state index in [4.69, 9.17) is 13.4 Å². The lowest BCUT2D eigenvalue weighted by atomic mass is 10.0. The van der Waals surface area contributed by atoms with Crippen molar-refractivity contribution >= 4 is 21.2 Å². The van der Waals surface area contributed by atoms with Gasteiger partial charge in [-0.25, -0.2) is 14.0 Å². The fourth-order valence-electron chi connectivity index (χ4n) is 3.36. The van der Waals surface area contributed by atoms with Crippen molar-refractivity contribution in [2.45, 2.75) is 36.8 Å². The number of hydrogen-bond acceptors (Lipinski definition) is 8. The highest BCUT2D eigenvalue weighted by Gasteiger charge is 2.33. The van der Waals surface area contributed by atoms with Crippen LogP contribution in [-0.4, -0.2) is 56.4 Å². The van der Waals surface area contributed by atoms with Gasteiger partial charge < -0.3 is 0 Å². The molecule has 0 saturated carbocycles. The maximum absolute atomic E-state index is 12.8. The van der Waals surface area contributed by atoms with Crippen molar-refractivity contribution in [3.05, 3.63) is 54.1 Å². The van der Waals surface area contributed by atoms with Gasteiger partial charge in [0.2, 0.25) is 11.1 Å². The molecule has 2 unspecified atom stereocenters. The van der Waals surface area contributed by atoms with Crippen LogP contribution in [0.1, 0.15) is 18.4 Å². The minimum atomic E-state index is -3.57. The van der Waals surface area contributed by atoms with E-state index in [1.165, 1.54) is 12.7 Å². The average Bonchev–Trinajstić information content (AvgIpc) is 2.73. The van der Waals surface area contributed by atoms with Gasteiger partial charge in [0.15, 0.2) is 0 Å². The van der Waals surface area contributed by atoms with Gasteiger partial charge in [-0.05, 0) is 43.0 Å². The quantitative estimate of drug-likeness (QED) is 0.314. The van der Waals surface area contributed by atoms with Crippen molar-refractivity contribution in [2.75, 3.05) is 26.5 Å². The number of hydrogen-bond donors (Lipinski definition) is 0. The van der Waals surface area contributed by atoms with Crippen LogP contribution in [0.2, 0.25) is 0 Å². The highest BCUT2D eigenvalue weighted by Crippen LogP contribution is 2.25. The fraction of sp³-hybridized carbons (Fsp3) is 0.429. The SMILES string of the molecule is COOCC1C[C@@H](OS(C)(=O)=O)CCN1OS(=O)c1ccc(-c2ccc(C)cc2)cc1. The smallest absolute Gasteiger partial charge is 0.264 e. The predicted octanol–water partition coefficient (Wildman–Crippen LogP) is 3.00.